The number of aryl methyl sites for hydroxylation is 1. The van der Waals surface area contributed by atoms with E-state index in [0.29, 0.717) is 13.0 Å². The van der Waals surface area contributed by atoms with E-state index in [1.165, 1.54) is 16.5 Å². The van der Waals surface area contributed by atoms with Crippen LogP contribution in [0.15, 0.2) is 54.7 Å². The van der Waals surface area contributed by atoms with Crippen LogP contribution in [0.25, 0.3) is 10.9 Å². The van der Waals surface area contributed by atoms with Gasteiger partial charge in [0.1, 0.15) is 0 Å². The van der Waals surface area contributed by atoms with Crippen LogP contribution in [-0.2, 0) is 22.4 Å². The van der Waals surface area contributed by atoms with Gasteiger partial charge in [-0.3, -0.25) is 9.59 Å². The molecule has 2 heterocycles. The number of carbonyl (C=O) groups is 2. The molecule has 0 bridgehead atoms. The van der Waals surface area contributed by atoms with E-state index in [4.69, 9.17) is 0 Å². The lowest BCUT2D eigenvalue weighted by molar-refractivity contribution is -0.126. The van der Waals surface area contributed by atoms with E-state index >= 15 is 0 Å². The molecular weight excluding hydrogens is 362 g/mol. The van der Waals surface area contributed by atoms with Gasteiger partial charge >= 0.3 is 0 Å². The van der Waals surface area contributed by atoms with Crippen LogP contribution in [-0.4, -0.2) is 29.9 Å². The molecule has 5 nitrogen and oxygen atoms in total. The summed E-state index contributed by atoms with van der Waals surface area (Å²) in [4.78, 5) is 30.7. The number of hydrogen-bond donors (Lipinski definition) is 2. The summed E-state index contributed by atoms with van der Waals surface area (Å²) in [6, 6.07) is 16.3. The van der Waals surface area contributed by atoms with Gasteiger partial charge in [-0.1, -0.05) is 36.4 Å². The molecule has 1 saturated carbocycles. The molecule has 5 heteroatoms. The Kier molecular flexibility index (Phi) is 4.58. The molecule has 0 spiro atoms. The minimum Gasteiger partial charge on any atom is -0.361 e. The maximum Gasteiger partial charge on any atom is 0.230 e. The lowest BCUT2D eigenvalue weighted by Gasteiger charge is -2.29. The van der Waals surface area contributed by atoms with Gasteiger partial charge in [0.25, 0.3) is 0 Å². The number of nitrogens with one attached hydrogen (secondary N) is 2. The number of H-pyrrole nitrogens is 1. The van der Waals surface area contributed by atoms with Crippen LogP contribution >= 0.6 is 0 Å². The topological polar surface area (TPSA) is 65.2 Å². The molecule has 2 aliphatic rings. The van der Waals surface area contributed by atoms with E-state index in [2.05, 4.69) is 28.5 Å². The van der Waals surface area contributed by atoms with Crippen molar-refractivity contribution in [3.63, 3.8) is 0 Å². The molecular formula is C24H25N3O2. The Morgan fingerprint density at radius 1 is 1.07 bits per heavy atom. The third-order valence-corrected chi connectivity index (χ3v) is 6.19. The van der Waals surface area contributed by atoms with Gasteiger partial charge in [0.15, 0.2) is 0 Å². The Morgan fingerprint density at radius 2 is 1.90 bits per heavy atom. The minimum absolute atomic E-state index is 0.00786. The summed E-state index contributed by atoms with van der Waals surface area (Å²) >= 11 is 0. The van der Waals surface area contributed by atoms with Crippen LogP contribution in [0.5, 0.6) is 0 Å². The van der Waals surface area contributed by atoms with Crippen LogP contribution in [0.2, 0.25) is 0 Å². The number of aromatic nitrogens is 1. The van der Waals surface area contributed by atoms with Gasteiger partial charge in [0.2, 0.25) is 11.8 Å². The number of carbonyl (C=O) groups excluding carboxylic acids is 2. The number of benzene rings is 2. The van der Waals surface area contributed by atoms with Crippen LogP contribution in [0, 0.1) is 11.8 Å². The molecule has 0 saturated heterocycles. The number of anilines is 1. The van der Waals surface area contributed by atoms with E-state index in [-0.39, 0.29) is 23.7 Å². The predicted octanol–water partition coefficient (Wildman–Crippen LogP) is 3.44. The zero-order valence-corrected chi connectivity index (χ0v) is 16.4. The van der Waals surface area contributed by atoms with Crippen molar-refractivity contribution in [1.82, 2.24) is 10.3 Å². The van der Waals surface area contributed by atoms with Crippen LogP contribution in [0.3, 0.4) is 0 Å². The fourth-order valence-electron chi connectivity index (χ4n) is 4.51. The molecule has 1 aliphatic carbocycles. The second-order valence-corrected chi connectivity index (χ2v) is 8.07. The predicted molar refractivity (Wildman–Crippen MR) is 114 cm³/mol. The summed E-state index contributed by atoms with van der Waals surface area (Å²) < 4.78 is 0. The molecule has 1 aromatic heterocycles. The van der Waals surface area contributed by atoms with E-state index in [9.17, 15) is 9.59 Å². The highest BCUT2D eigenvalue weighted by molar-refractivity contribution is 6.01. The molecule has 148 valence electrons. The summed E-state index contributed by atoms with van der Waals surface area (Å²) in [6.45, 7) is 1.34. The Morgan fingerprint density at radius 3 is 2.83 bits per heavy atom. The number of para-hydroxylation sites is 2. The Balaban J connectivity index is 1.16. The van der Waals surface area contributed by atoms with Gasteiger partial charge in [-0.2, -0.15) is 0 Å². The summed E-state index contributed by atoms with van der Waals surface area (Å²) in [5.74, 6) is -0.240. The van der Waals surface area contributed by atoms with Gasteiger partial charge in [0.05, 0.1) is 11.8 Å². The van der Waals surface area contributed by atoms with Gasteiger partial charge in [-0.05, 0) is 48.9 Å². The van der Waals surface area contributed by atoms with Crippen molar-refractivity contribution in [3.05, 3.63) is 65.9 Å². The maximum atomic E-state index is 13.0. The van der Waals surface area contributed by atoms with E-state index in [0.717, 1.165) is 37.0 Å². The Bertz CT molecular complexity index is 1070. The maximum absolute atomic E-state index is 13.0. The zero-order valence-electron chi connectivity index (χ0n) is 16.4. The van der Waals surface area contributed by atoms with Crippen molar-refractivity contribution in [2.24, 2.45) is 11.8 Å². The minimum atomic E-state index is -0.181. The first-order valence-corrected chi connectivity index (χ1v) is 10.4. The highest BCUT2D eigenvalue weighted by atomic mass is 16.2. The van der Waals surface area contributed by atoms with E-state index < -0.39 is 0 Å². The molecule has 5 rings (SSSR count). The number of nitrogens with zero attached hydrogens (tertiary/aromatic N) is 1. The monoisotopic (exact) mass is 387 g/mol. The first-order valence-electron chi connectivity index (χ1n) is 10.4. The molecule has 1 fully saturated rings. The number of rotatable bonds is 5. The molecule has 3 aromatic rings. The summed E-state index contributed by atoms with van der Waals surface area (Å²) in [7, 11) is 0. The third-order valence-electron chi connectivity index (χ3n) is 6.19. The Hall–Kier alpha value is -3.08. The molecule has 0 radical (unpaired) electrons. The van der Waals surface area contributed by atoms with Crippen molar-refractivity contribution >= 4 is 28.4 Å². The quantitative estimate of drug-likeness (QED) is 0.704. The van der Waals surface area contributed by atoms with Gasteiger partial charge in [0, 0.05) is 35.9 Å². The molecule has 2 N–H and O–H groups in total. The number of aromatic amines is 1. The van der Waals surface area contributed by atoms with E-state index in [1.54, 1.807) is 0 Å². The lowest BCUT2D eigenvalue weighted by atomic mass is 10.0. The largest absolute Gasteiger partial charge is 0.361 e. The average Bonchev–Trinajstić information content (AvgIpc) is 3.47. The summed E-state index contributed by atoms with van der Waals surface area (Å²) in [5.41, 5.74) is 4.57. The number of amides is 2. The van der Waals surface area contributed by atoms with Crippen LogP contribution in [0.1, 0.15) is 24.0 Å². The SMILES string of the molecule is O=C(NCCc1c[nH]c2ccccc12)C1CC1C(=O)N1CCCc2ccccc21. The highest BCUT2D eigenvalue weighted by Gasteiger charge is 2.49. The van der Waals surface area contributed by atoms with Crippen molar-refractivity contribution in [1.29, 1.82) is 0 Å². The second-order valence-electron chi connectivity index (χ2n) is 8.07. The average molecular weight is 387 g/mol. The zero-order chi connectivity index (χ0) is 19.8. The first-order chi connectivity index (χ1) is 14.2. The normalized spacial score (nSPS) is 20.3. The van der Waals surface area contributed by atoms with Gasteiger partial charge in [-0.15, -0.1) is 0 Å². The number of hydrogen-bond acceptors (Lipinski definition) is 2. The first kappa shape index (κ1) is 18.0. The number of fused-ring (bicyclic) bond motifs is 2. The summed E-state index contributed by atoms with van der Waals surface area (Å²) in [5, 5.41) is 4.23. The molecule has 2 aromatic carbocycles. The second kappa shape index (κ2) is 7.39. The highest BCUT2D eigenvalue weighted by Crippen LogP contribution is 2.42. The van der Waals surface area contributed by atoms with Gasteiger partial charge in [-0.25, -0.2) is 0 Å². The molecule has 29 heavy (non-hydrogen) atoms. The van der Waals surface area contributed by atoms with Crippen molar-refractivity contribution < 1.29 is 9.59 Å². The van der Waals surface area contributed by atoms with Gasteiger partial charge < -0.3 is 15.2 Å². The summed E-state index contributed by atoms with van der Waals surface area (Å²) in [6.07, 6.45) is 5.45. The lowest BCUT2D eigenvalue weighted by Crippen LogP contribution is -2.38. The molecule has 1 aliphatic heterocycles. The van der Waals surface area contributed by atoms with Crippen molar-refractivity contribution in [2.75, 3.05) is 18.0 Å². The van der Waals surface area contributed by atoms with Crippen molar-refractivity contribution in [3.8, 4) is 0 Å². The smallest absolute Gasteiger partial charge is 0.230 e. The fourth-order valence-corrected chi connectivity index (χ4v) is 4.51. The fraction of sp³-hybridized carbons (Fsp3) is 0.333. The van der Waals surface area contributed by atoms with Crippen LogP contribution < -0.4 is 10.2 Å². The molecule has 2 amide bonds. The Labute approximate surface area is 170 Å². The standard InChI is InChI=1S/C24H25N3O2/c28-23(25-12-11-17-15-26-21-9-3-2-8-18(17)21)19-14-20(19)24(29)27-13-5-7-16-6-1-4-10-22(16)27/h1-4,6,8-10,15,19-20,26H,5,7,11-14H2,(H,25,28). The molecule has 2 atom stereocenters. The van der Waals surface area contributed by atoms with Crippen LogP contribution in [0.4, 0.5) is 5.69 Å². The third kappa shape index (κ3) is 3.41. The van der Waals surface area contributed by atoms with Crippen molar-refractivity contribution in [2.45, 2.75) is 25.7 Å². The van der Waals surface area contributed by atoms with E-state index in [1.807, 2.05) is 41.4 Å². The molecule has 2 unspecified atom stereocenters.